The van der Waals surface area contributed by atoms with Crippen LogP contribution in [0.4, 0.5) is 11.4 Å². The quantitative estimate of drug-likeness (QED) is 0.622. The number of benzene rings is 2. The molecule has 2 aromatic rings. The molecule has 0 unspecified atom stereocenters. The summed E-state index contributed by atoms with van der Waals surface area (Å²) in [5, 5.41) is 18.8. The fourth-order valence-electron chi connectivity index (χ4n) is 1.89. The molecule has 0 aromatic heterocycles. The topological polar surface area (TPSA) is 115 Å². The molecule has 0 heterocycles. The standard InChI is InChI=1S/C15H15N3O4S/c16-23(21,22)15-10-13(9-14(11-15)18(19)20)17-8-4-7-12-5-2-1-3-6-12/h1-7,9-11,17H,8H2,(H2,16,21,22)/b7-4+. The van der Waals surface area contributed by atoms with E-state index in [2.05, 4.69) is 5.32 Å². The highest BCUT2D eigenvalue weighted by Gasteiger charge is 2.16. The van der Waals surface area contributed by atoms with Gasteiger partial charge in [-0.15, -0.1) is 0 Å². The van der Waals surface area contributed by atoms with Gasteiger partial charge in [0.25, 0.3) is 5.69 Å². The number of primary sulfonamides is 1. The first kappa shape index (κ1) is 16.7. The Bertz CT molecular complexity index is 833. The maximum absolute atomic E-state index is 11.4. The van der Waals surface area contributed by atoms with Crippen molar-refractivity contribution >= 4 is 27.5 Å². The van der Waals surface area contributed by atoms with Gasteiger partial charge in [-0.3, -0.25) is 10.1 Å². The van der Waals surface area contributed by atoms with Gasteiger partial charge in [0, 0.05) is 24.4 Å². The Morgan fingerprint density at radius 3 is 2.48 bits per heavy atom. The minimum absolute atomic E-state index is 0.304. The van der Waals surface area contributed by atoms with Crippen molar-refractivity contribution in [3.05, 3.63) is 70.3 Å². The third-order valence-electron chi connectivity index (χ3n) is 2.96. The first-order valence-electron chi connectivity index (χ1n) is 6.64. The number of rotatable bonds is 6. The largest absolute Gasteiger partial charge is 0.381 e. The van der Waals surface area contributed by atoms with Crippen molar-refractivity contribution in [1.82, 2.24) is 0 Å². The van der Waals surface area contributed by atoms with Crippen LogP contribution in [0.15, 0.2) is 59.5 Å². The molecule has 2 aromatic carbocycles. The van der Waals surface area contributed by atoms with Crippen molar-refractivity contribution in [2.24, 2.45) is 5.14 Å². The summed E-state index contributed by atoms with van der Waals surface area (Å²) in [5.41, 5.74) is 0.977. The van der Waals surface area contributed by atoms with Gasteiger partial charge in [0.1, 0.15) is 0 Å². The fraction of sp³-hybridized carbons (Fsp3) is 0.0667. The van der Waals surface area contributed by atoms with Crippen molar-refractivity contribution in [3.63, 3.8) is 0 Å². The zero-order valence-corrected chi connectivity index (χ0v) is 12.9. The molecule has 0 fully saturated rings. The number of non-ortho nitro benzene ring substituents is 1. The highest BCUT2D eigenvalue weighted by molar-refractivity contribution is 7.89. The number of anilines is 1. The molecule has 0 aliphatic rings. The van der Waals surface area contributed by atoms with Crippen LogP contribution in [0.2, 0.25) is 0 Å². The molecular formula is C15H15N3O4S. The average molecular weight is 333 g/mol. The van der Waals surface area contributed by atoms with E-state index < -0.39 is 14.9 Å². The summed E-state index contributed by atoms with van der Waals surface area (Å²) in [7, 11) is -4.02. The molecule has 8 heteroatoms. The van der Waals surface area contributed by atoms with Crippen LogP contribution in [-0.4, -0.2) is 19.9 Å². The van der Waals surface area contributed by atoms with Crippen LogP contribution in [0.1, 0.15) is 5.56 Å². The highest BCUT2D eigenvalue weighted by Crippen LogP contribution is 2.23. The molecule has 0 atom stereocenters. The molecule has 0 amide bonds. The van der Waals surface area contributed by atoms with Crippen molar-refractivity contribution < 1.29 is 13.3 Å². The molecular weight excluding hydrogens is 318 g/mol. The molecule has 0 aliphatic heterocycles. The number of sulfonamides is 1. The highest BCUT2D eigenvalue weighted by atomic mass is 32.2. The monoisotopic (exact) mass is 333 g/mol. The van der Waals surface area contributed by atoms with Crippen LogP contribution < -0.4 is 10.5 Å². The molecule has 3 N–H and O–H groups in total. The Balaban J connectivity index is 2.14. The predicted octanol–water partition coefficient (Wildman–Crippen LogP) is 2.37. The Labute approximate surface area is 133 Å². The normalized spacial score (nSPS) is 11.5. The van der Waals surface area contributed by atoms with Gasteiger partial charge < -0.3 is 5.32 Å². The maximum atomic E-state index is 11.4. The van der Waals surface area contributed by atoms with Gasteiger partial charge in [-0.05, 0) is 11.6 Å². The lowest BCUT2D eigenvalue weighted by molar-refractivity contribution is -0.385. The summed E-state index contributed by atoms with van der Waals surface area (Å²) in [4.78, 5) is 9.90. The summed E-state index contributed by atoms with van der Waals surface area (Å²) in [5.74, 6) is 0. The molecule has 2 rings (SSSR count). The molecule has 0 radical (unpaired) electrons. The number of nitro benzene ring substituents is 1. The SMILES string of the molecule is NS(=O)(=O)c1cc(NC/C=C/c2ccccc2)cc([N+](=O)[O-])c1. The number of hydrogen-bond donors (Lipinski definition) is 2. The first-order chi connectivity index (χ1) is 10.9. The van der Waals surface area contributed by atoms with Crippen LogP contribution in [0.5, 0.6) is 0 Å². The lowest BCUT2D eigenvalue weighted by Gasteiger charge is -2.06. The van der Waals surface area contributed by atoms with Crippen molar-refractivity contribution in [2.45, 2.75) is 4.90 Å². The van der Waals surface area contributed by atoms with Crippen LogP contribution in [0.3, 0.4) is 0 Å². The average Bonchev–Trinajstić information content (AvgIpc) is 2.51. The van der Waals surface area contributed by atoms with Crippen molar-refractivity contribution in [3.8, 4) is 0 Å². The molecule has 7 nitrogen and oxygen atoms in total. The van der Waals surface area contributed by atoms with E-state index in [1.165, 1.54) is 12.1 Å². The Morgan fingerprint density at radius 2 is 1.87 bits per heavy atom. The Kier molecular flexibility index (Phi) is 5.09. The number of nitro groups is 1. The Morgan fingerprint density at radius 1 is 1.17 bits per heavy atom. The molecule has 0 saturated heterocycles. The van der Waals surface area contributed by atoms with E-state index in [9.17, 15) is 18.5 Å². The predicted molar refractivity (Wildman–Crippen MR) is 88.4 cm³/mol. The van der Waals surface area contributed by atoms with Gasteiger partial charge in [0.15, 0.2) is 0 Å². The van der Waals surface area contributed by atoms with Gasteiger partial charge in [0.05, 0.1) is 9.82 Å². The van der Waals surface area contributed by atoms with Crippen LogP contribution in [-0.2, 0) is 10.0 Å². The van der Waals surface area contributed by atoms with E-state index in [0.29, 0.717) is 12.2 Å². The summed E-state index contributed by atoms with van der Waals surface area (Å²) < 4.78 is 22.8. The smallest absolute Gasteiger partial charge is 0.272 e. The number of nitrogens with two attached hydrogens (primary N) is 1. The summed E-state index contributed by atoms with van der Waals surface area (Å²) in [6, 6.07) is 13.0. The van der Waals surface area contributed by atoms with Gasteiger partial charge in [0.2, 0.25) is 10.0 Å². The van der Waals surface area contributed by atoms with E-state index in [1.807, 2.05) is 42.5 Å². The Hall–Kier alpha value is -2.71. The lowest BCUT2D eigenvalue weighted by atomic mass is 10.2. The van der Waals surface area contributed by atoms with E-state index in [1.54, 1.807) is 0 Å². The number of nitrogens with one attached hydrogen (secondary N) is 1. The van der Waals surface area contributed by atoms with Crippen molar-refractivity contribution in [1.29, 1.82) is 0 Å². The molecule has 0 saturated carbocycles. The second kappa shape index (κ2) is 7.03. The van der Waals surface area contributed by atoms with Crippen LogP contribution in [0.25, 0.3) is 6.08 Å². The summed E-state index contributed by atoms with van der Waals surface area (Å²) in [6.45, 7) is 0.375. The number of nitrogens with zero attached hydrogens (tertiary/aromatic N) is 1. The van der Waals surface area contributed by atoms with E-state index >= 15 is 0 Å². The summed E-state index contributed by atoms with van der Waals surface area (Å²) in [6.07, 6.45) is 3.70. The van der Waals surface area contributed by atoms with E-state index in [-0.39, 0.29) is 10.6 Å². The maximum Gasteiger partial charge on any atom is 0.272 e. The van der Waals surface area contributed by atoms with E-state index in [4.69, 9.17) is 5.14 Å². The second-order valence-electron chi connectivity index (χ2n) is 4.71. The lowest BCUT2D eigenvalue weighted by Crippen LogP contribution is -2.13. The van der Waals surface area contributed by atoms with Crippen molar-refractivity contribution in [2.75, 3.05) is 11.9 Å². The molecule has 0 bridgehead atoms. The molecule has 23 heavy (non-hydrogen) atoms. The molecule has 0 spiro atoms. The molecule has 120 valence electrons. The van der Waals surface area contributed by atoms with Gasteiger partial charge in [-0.2, -0.15) is 0 Å². The molecule has 0 aliphatic carbocycles. The third kappa shape index (κ3) is 4.90. The fourth-order valence-corrected chi connectivity index (χ4v) is 2.47. The van der Waals surface area contributed by atoms with Gasteiger partial charge >= 0.3 is 0 Å². The second-order valence-corrected chi connectivity index (χ2v) is 6.27. The van der Waals surface area contributed by atoms with Crippen LogP contribution in [0, 0.1) is 10.1 Å². The zero-order chi connectivity index (χ0) is 16.9. The third-order valence-corrected chi connectivity index (χ3v) is 3.86. The minimum Gasteiger partial charge on any atom is -0.381 e. The van der Waals surface area contributed by atoms with Gasteiger partial charge in [-0.1, -0.05) is 42.5 Å². The first-order valence-corrected chi connectivity index (χ1v) is 8.18. The van der Waals surface area contributed by atoms with Gasteiger partial charge in [-0.25, -0.2) is 13.6 Å². The van der Waals surface area contributed by atoms with Crippen LogP contribution >= 0.6 is 0 Å². The zero-order valence-electron chi connectivity index (χ0n) is 12.0. The minimum atomic E-state index is -4.02. The summed E-state index contributed by atoms with van der Waals surface area (Å²) >= 11 is 0. The van der Waals surface area contributed by atoms with E-state index in [0.717, 1.165) is 11.6 Å². The number of hydrogen-bond acceptors (Lipinski definition) is 5.